The highest BCUT2D eigenvalue weighted by Crippen LogP contribution is 2.24. The Hall–Kier alpha value is -0.653. The predicted molar refractivity (Wildman–Crippen MR) is 72.7 cm³/mol. The number of ether oxygens (including phenoxy) is 1. The number of aromatic amines is 1. The number of pyridine rings is 1. The Labute approximate surface area is 106 Å². The molecular formula is C11H15BrN2OSi. The maximum atomic E-state index is 5.68. The maximum Gasteiger partial charge on any atom is 0.137 e. The fourth-order valence-corrected chi connectivity index (χ4v) is 2.53. The van der Waals surface area contributed by atoms with E-state index in [-0.39, 0.29) is 9.52 Å². The van der Waals surface area contributed by atoms with Gasteiger partial charge in [0.1, 0.15) is 5.65 Å². The molecule has 2 heterocycles. The van der Waals surface area contributed by atoms with E-state index >= 15 is 0 Å². The molecule has 2 rings (SSSR count). The molecule has 0 aliphatic rings. The van der Waals surface area contributed by atoms with Crippen LogP contribution in [0, 0.1) is 0 Å². The quantitative estimate of drug-likeness (QED) is 0.680. The van der Waals surface area contributed by atoms with Crippen molar-refractivity contribution >= 4 is 36.5 Å². The lowest BCUT2D eigenvalue weighted by molar-refractivity contribution is 0.134. The van der Waals surface area contributed by atoms with Gasteiger partial charge in [0.05, 0.1) is 6.61 Å². The summed E-state index contributed by atoms with van der Waals surface area (Å²) in [5.74, 6) is 0. The molecule has 0 atom stereocenters. The van der Waals surface area contributed by atoms with Crippen LogP contribution in [0.2, 0.25) is 12.6 Å². The number of fused-ring (bicyclic) bond motifs is 1. The zero-order valence-electron chi connectivity index (χ0n) is 9.29. The first-order chi connectivity index (χ1) is 7.83. The average Bonchev–Trinajstić information content (AvgIpc) is 2.75. The van der Waals surface area contributed by atoms with E-state index in [1.807, 2.05) is 18.5 Å². The second kappa shape index (κ2) is 5.61. The minimum atomic E-state index is 0.118. The lowest BCUT2D eigenvalue weighted by atomic mass is 10.2. The molecule has 16 heavy (non-hydrogen) atoms. The number of nitrogens with one attached hydrogen (secondary N) is 1. The molecule has 0 saturated heterocycles. The monoisotopic (exact) mass is 298 g/mol. The van der Waals surface area contributed by atoms with Gasteiger partial charge in [0.2, 0.25) is 0 Å². The Morgan fingerprint density at radius 2 is 2.44 bits per heavy atom. The highest BCUT2D eigenvalue weighted by Gasteiger charge is 2.07. The molecule has 0 bridgehead atoms. The van der Waals surface area contributed by atoms with Crippen LogP contribution in [0.3, 0.4) is 0 Å². The molecule has 0 saturated carbocycles. The minimum Gasteiger partial charge on any atom is -0.377 e. The van der Waals surface area contributed by atoms with Crippen LogP contribution in [0.1, 0.15) is 5.56 Å². The Bertz CT molecular complexity index is 472. The second-order valence-electron chi connectivity index (χ2n) is 3.73. The van der Waals surface area contributed by atoms with Gasteiger partial charge in [0.25, 0.3) is 0 Å². The van der Waals surface area contributed by atoms with Crippen molar-refractivity contribution in [2.24, 2.45) is 0 Å². The Morgan fingerprint density at radius 1 is 1.56 bits per heavy atom. The van der Waals surface area contributed by atoms with Crippen molar-refractivity contribution < 1.29 is 4.74 Å². The molecular weight excluding hydrogens is 284 g/mol. The smallest absolute Gasteiger partial charge is 0.137 e. The molecule has 3 nitrogen and oxygen atoms in total. The third-order valence-corrected chi connectivity index (χ3v) is 4.21. The molecule has 1 N–H and O–H groups in total. The Balaban J connectivity index is 2.15. The average molecular weight is 299 g/mol. The van der Waals surface area contributed by atoms with E-state index in [4.69, 9.17) is 4.74 Å². The van der Waals surface area contributed by atoms with E-state index in [9.17, 15) is 0 Å². The van der Waals surface area contributed by atoms with E-state index in [0.29, 0.717) is 6.61 Å². The molecule has 0 aliphatic heterocycles. The molecule has 0 fully saturated rings. The fraction of sp³-hybridized carbons (Fsp3) is 0.364. The number of rotatable bonds is 5. The van der Waals surface area contributed by atoms with Crippen LogP contribution in [0.5, 0.6) is 0 Å². The van der Waals surface area contributed by atoms with Crippen molar-refractivity contribution in [1.82, 2.24) is 9.97 Å². The maximum absolute atomic E-state index is 5.68. The van der Waals surface area contributed by atoms with Crippen LogP contribution in [0.25, 0.3) is 11.0 Å². The standard InChI is InChI=1S/C11H15BrN2OSi/c1-16-5-4-15-7-9-8-2-3-13-11(8)14-6-10(9)12/h2-3,6H,4-5,7,16H2,1H3,(H,13,14). The first-order valence-corrected chi connectivity index (χ1v) is 8.72. The summed E-state index contributed by atoms with van der Waals surface area (Å²) in [4.78, 5) is 7.40. The van der Waals surface area contributed by atoms with Crippen molar-refractivity contribution in [3.63, 3.8) is 0 Å². The van der Waals surface area contributed by atoms with Crippen molar-refractivity contribution in [3.05, 3.63) is 28.5 Å². The number of hydrogen-bond acceptors (Lipinski definition) is 2. The fourth-order valence-electron chi connectivity index (χ4n) is 1.61. The summed E-state index contributed by atoms with van der Waals surface area (Å²) in [5, 5.41) is 1.14. The van der Waals surface area contributed by atoms with Crippen molar-refractivity contribution in [2.75, 3.05) is 6.61 Å². The summed E-state index contributed by atoms with van der Waals surface area (Å²) >= 11 is 3.52. The van der Waals surface area contributed by atoms with Crippen LogP contribution < -0.4 is 0 Å². The molecule has 0 spiro atoms. The van der Waals surface area contributed by atoms with E-state index in [1.54, 1.807) is 0 Å². The molecule has 5 heteroatoms. The molecule has 0 aliphatic carbocycles. The van der Waals surface area contributed by atoms with Crippen LogP contribution >= 0.6 is 15.9 Å². The zero-order valence-corrected chi connectivity index (χ0v) is 12.3. The van der Waals surface area contributed by atoms with Gasteiger partial charge in [0.15, 0.2) is 0 Å². The summed E-state index contributed by atoms with van der Waals surface area (Å²) in [7, 11) is 0.118. The molecule has 2 aromatic rings. The summed E-state index contributed by atoms with van der Waals surface area (Å²) in [6.07, 6.45) is 3.73. The Morgan fingerprint density at radius 3 is 3.25 bits per heavy atom. The number of halogens is 1. The van der Waals surface area contributed by atoms with Crippen molar-refractivity contribution in [1.29, 1.82) is 0 Å². The summed E-state index contributed by atoms with van der Waals surface area (Å²) in [6.45, 7) is 3.84. The summed E-state index contributed by atoms with van der Waals surface area (Å²) < 4.78 is 6.70. The van der Waals surface area contributed by atoms with Gasteiger partial charge < -0.3 is 9.72 Å². The summed E-state index contributed by atoms with van der Waals surface area (Å²) in [6, 6.07) is 3.29. The van der Waals surface area contributed by atoms with Crippen LogP contribution in [0.4, 0.5) is 0 Å². The lowest BCUT2D eigenvalue weighted by Gasteiger charge is -2.06. The number of hydrogen-bond donors (Lipinski definition) is 1. The van der Waals surface area contributed by atoms with Gasteiger partial charge in [-0.15, -0.1) is 0 Å². The Kier molecular flexibility index (Phi) is 4.14. The van der Waals surface area contributed by atoms with Gasteiger partial charge in [-0.1, -0.05) is 6.55 Å². The third kappa shape index (κ3) is 2.53. The number of aromatic nitrogens is 2. The predicted octanol–water partition coefficient (Wildman–Crippen LogP) is 2.48. The zero-order chi connectivity index (χ0) is 11.4. The van der Waals surface area contributed by atoms with Crippen LogP contribution in [-0.2, 0) is 11.3 Å². The number of H-pyrrole nitrogens is 1. The van der Waals surface area contributed by atoms with Crippen LogP contribution in [-0.4, -0.2) is 26.1 Å². The van der Waals surface area contributed by atoms with Gasteiger partial charge in [-0.3, -0.25) is 0 Å². The van der Waals surface area contributed by atoms with Crippen molar-refractivity contribution in [3.8, 4) is 0 Å². The van der Waals surface area contributed by atoms with Gasteiger partial charge in [-0.25, -0.2) is 4.98 Å². The van der Waals surface area contributed by atoms with Crippen molar-refractivity contribution in [2.45, 2.75) is 19.2 Å². The SMILES string of the molecule is C[SiH2]CCOCc1c(Br)cnc2[nH]ccc12. The molecule has 0 radical (unpaired) electrons. The van der Waals surface area contributed by atoms with Gasteiger partial charge in [0, 0.05) is 43.9 Å². The van der Waals surface area contributed by atoms with Gasteiger partial charge >= 0.3 is 0 Å². The van der Waals surface area contributed by atoms with Crippen LogP contribution in [0.15, 0.2) is 22.9 Å². The van der Waals surface area contributed by atoms with E-state index in [2.05, 4.69) is 32.4 Å². The molecule has 0 amide bonds. The van der Waals surface area contributed by atoms with Gasteiger partial charge in [-0.2, -0.15) is 0 Å². The third-order valence-electron chi connectivity index (χ3n) is 2.53. The molecule has 2 aromatic heterocycles. The lowest BCUT2D eigenvalue weighted by Crippen LogP contribution is -1.99. The minimum absolute atomic E-state index is 0.118. The second-order valence-corrected chi connectivity index (χ2v) is 6.29. The first-order valence-electron chi connectivity index (χ1n) is 5.51. The summed E-state index contributed by atoms with van der Waals surface area (Å²) in [5.41, 5.74) is 2.11. The van der Waals surface area contributed by atoms with Gasteiger partial charge in [-0.05, 0) is 28.0 Å². The largest absolute Gasteiger partial charge is 0.377 e. The number of nitrogens with zero attached hydrogens (tertiary/aromatic N) is 1. The molecule has 0 aromatic carbocycles. The molecule has 0 unspecified atom stereocenters. The van der Waals surface area contributed by atoms with E-state index < -0.39 is 0 Å². The molecule has 86 valence electrons. The normalized spacial score (nSPS) is 11.9. The topological polar surface area (TPSA) is 37.9 Å². The highest BCUT2D eigenvalue weighted by atomic mass is 79.9. The first kappa shape index (κ1) is 11.8. The highest BCUT2D eigenvalue weighted by molar-refractivity contribution is 9.10. The van der Waals surface area contributed by atoms with E-state index in [0.717, 1.165) is 22.1 Å². The van der Waals surface area contributed by atoms with E-state index in [1.165, 1.54) is 11.6 Å².